The van der Waals surface area contributed by atoms with E-state index in [2.05, 4.69) is 15.2 Å². The van der Waals surface area contributed by atoms with Crippen LogP contribution in [0.2, 0.25) is 0 Å². The Morgan fingerprint density at radius 1 is 1.24 bits per heavy atom. The summed E-state index contributed by atoms with van der Waals surface area (Å²) in [5.74, 6) is 0.0567. The van der Waals surface area contributed by atoms with E-state index in [0.29, 0.717) is 43.3 Å². The number of halogens is 1. The summed E-state index contributed by atoms with van der Waals surface area (Å²) in [7, 11) is -1.96. The second-order valence-corrected chi connectivity index (χ2v) is 8.75. The molecule has 3 aromatic rings. The molecule has 0 radical (unpaired) electrons. The second-order valence-electron chi connectivity index (χ2n) is 6.92. The minimum absolute atomic E-state index is 0.0397. The van der Waals surface area contributed by atoms with Crippen molar-refractivity contribution in [1.82, 2.24) is 24.1 Å². The van der Waals surface area contributed by atoms with Gasteiger partial charge in [0.15, 0.2) is 0 Å². The third-order valence-electron chi connectivity index (χ3n) is 4.82. The molecule has 0 bridgehead atoms. The summed E-state index contributed by atoms with van der Waals surface area (Å²) in [6.07, 6.45) is 3.77. The molecular weight excluding hydrogens is 397 g/mol. The van der Waals surface area contributed by atoms with Crippen molar-refractivity contribution < 1.29 is 17.5 Å². The van der Waals surface area contributed by atoms with Crippen LogP contribution in [0.4, 0.5) is 4.39 Å². The average molecular weight is 417 g/mol. The molecular formula is C19H20FN5O3S. The molecule has 0 saturated carbocycles. The fourth-order valence-electron chi connectivity index (χ4n) is 3.27. The molecule has 4 rings (SSSR count). The van der Waals surface area contributed by atoms with Gasteiger partial charge >= 0.3 is 0 Å². The molecule has 1 fully saturated rings. The maximum atomic E-state index is 13.3. The molecule has 0 aliphatic carbocycles. The minimum atomic E-state index is -3.61. The first-order valence-corrected chi connectivity index (χ1v) is 10.6. The third kappa shape index (κ3) is 4.13. The van der Waals surface area contributed by atoms with Crippen LogP contribution in [0.1, 0.15) is 6.42 Å². The van der Waals surface area contributed by atoms with Gasteiger partial charge in [-0.25, -0.2) is 17.8 Å². The van der Waals surface area contributed by atoms with Crippen molar-refractivity contribution >= 4 is 10.0 Å². The summed E-state index contributed by atoms with van der Waals surface area (Å²) >= 11 is 0. The van der Waals surface area contributed by atoms with E-state index in [9.17, 15) is 12.8 Å². The molecule has 10 heteroatoms. The molecule has 0 amide bonds. The van der Waals surface area contributed by atoms with E-state index >= 15 is 0 Å². The van der Waals surface area contributed by atoms with Gasteiger partial charge in [-0.3, -0.25) is 0 Å². The summed E-state index contributed by atoms with van der Waals surface area (Å²) < 4.78 is 47.3. The first-order chi connectivity index (χ1) is 13.9. The lowest BCUT2D eigenvalue weighted by Crippen LogP contribution is -2.31. The molecule has 29 heavy (non-hydrogen) atoms. The van der Waals surface area contributed by atoms with Crippen LogP contribution in [0.15, 0.2) is 53.9 Å². The lowest BCUT2D eigenvalue weighted by molar-refractivity contribution is 0.244. The minimum Gasteiger partial charge on any atom is -0.476 e. The molecule has 152 valence electrons. The van der Waals surface area contributed by atoms with Crippen LogP contribution in [0.5, 0.6) is 5.88 Å². The van der Waals surface area contributed by atoms with Gasteiger partial charge in [0, 0.05) is 50.1 Å². The normalized spacial score (nSPS) is 17.5. The molecule has 1 atom stereocenters. The number of sulfonamides is 1. The number of rotatable bonds is 6. The molecule has 1 unspecified atom stereocenters. The summed E-state index contributed by atoms with van der Waals surface area (Å²) in [5.41, 5.74) is 1.18. The van der Waals surface area contributed by atoms with Gasteiger partial charge in [0.25, 0.3) is 10.0 Å². The monoisotopic (exact) mass is 417 g/mol. The van der Waals surface area contributed by atoms with E-state index in [1.165, 1.54) is 27.2 Å². The van der Waals surface area contributed by atoms with E-state index in [4.69, 9.17) is 4.74 Å². The van der Waals surface area contributed by atoms with Crippen molar-refractivity contribution in [1.29, 1.82) is 0 Å². The van der Waals surface area contributed by atoms with Crippen LogP contribution < -0.4 is 4.74 Å². The predicted octanol–water partition coefficient (Wildman–Crippen LogP) is 2.11. The summed E-state index contributed by atoms with van der Waals surface area (Å²) in [5, 5.41) is 8.14. The molecule has 0 N–H and O–H groups in total. The van der Waals surface area contributed by atoms with Crippen molar-refractivity contribution in [3.63, 3.8) is 0 Å². The van der Waals surface area contributed by atoms with Gasteiger partial charge in [-0.15, -0.1) is 10.2 Å². The predicted molar refractivity (Wildman–Crippen MR) is 103 cm³/mol. The quantitative estimate of drug-likeness (QED) is 0.610. The number of imidazole rings is 1. The Balaban J connectivity index is 1.35. The Morgan fingerprint density at radius 2 is 2.10 bits per heavy atom. The number of benzene rings is 1. The van der Waals surface area contributed by atoms with Crippen molar-refractivity contribution in [2.45, 2.75) is 11.6 Å². The maximum absolute atomic E-state index is 13.3. The molecule has 3 heterocycles. The molecule has 1 aromatic carbocycles. The molecule has 1 aliphatic heterocycles. The van der Waals surface area contributed by atoms with Crippen molar-refractivity contribution in [3.8, 4) is 17.1 Å². The average Bonchev–Trinajstić information content (AvgIpc) is 3.36. The largest absolute Gasteiger partial charge is 0.476 e. The molecule has 1 saturated heterocycles. The Bertz CT molecular complexity index is 1100. The highest BCUT2D eigenvalue weighted by Gasteiger charge is 2.35. The SMILES string of the molecule is Cn1ccnc1S(=O)(=O)N1CCC(COc2ccc(-c3cccc(F)c3)nn2)C1. The van der Waals surface area contributed by atoms with E-state index < -0.39 is 10.0 Å². The van der Waals surface area contributed by atoms with Gasteiger partial charge < -0.3 is 9.30 Å². The topological polar surface area (TPSA) is 90.2 Å². The van der Waals surface area contributed by atoms with Crippen molar-refractivity contribution in [2.75, 3.05) is 19.7 Å². The van der Waals surface area contributed by atoms with Crippen LogP contribution >= 0.6 is 0 Å². The first-order valence-electron chi connectivity index (χ1n) is 9.13. The highest BCUT2D eigenvalue weighted by molar-refractivity contribution is 7.89. The van der Waals surface area contributed by atoms with Crippen LogP contribution in [-0.4, -0.2) is 52.2 Å². The van der Waals surface area contributed by atoms with E-state index in [1.807, 2.05) is 0 Å². The van der Waals surface area contributed by atoms with Gasteiger partial charge in [0.1, 0.15) is 5.82 Å². The van der Waals surface area contributed by atoms with Crippen molar-refractivity contribution in [3.05, 3.63) is 54.6 Å². The van der Waals surface area contributed by atoms with Gasteiger partial charge in [-0.2, -0.15) is 4.31 Å². The molecule has 8 nitrogen and oxygen atoms in total. The van der Waals surface area contributed by atoms with E-state index in [0.717, 1.165) is 0 Å². The fraction of sp³-hybridized carbons (Fsp3) is 0.316. The number of ether oxygens (including phenoxy) is 1. The highest BCUT2D eigenvalue weighted by atomic mass is 32.2. The van der Waals surface area contributed by atoms with Gasteiger partial charge in [0.05, 0.1) is 12.3 Å². The molecule has 0 spiro atoms. The van der Waals surface area contributed by atoms with E-state index in [1.54, 1.807) is 37.5 Å². The lowest BCUT2D eigenvalue weighted by Gasteiger charge is -2.16. The second kappa shape index (κ2) is 7.88. The smallest absolute Gasteiger partial charge is 0.277 e. The standard InChI is InChI=1S/C19H20FN5O3S/c1-24-10-8-21-19(24)29(26,27)25-9-7-14(12-25)13-28-18-6-5-17(22-23-18)15-3-2-4-16(20)11-15/h2-6,8,10-11,14H,7,9,12-13H2,1H3. The van der Waals surface area contributed by atoms with Crippen molar-refractivity contribution in [2.24, 2.45) is 13.0 Å². The Hall–Kier alpha value is -2.85. The first kappa shape index (κ1) is 19.5. The zero-order valence-electron chi connectivity index (χ0n) is 15.8. The molecule has 1 aliphatic rings. The lowest BCUT2D eigenvalue weighted by atomic mass is 10.1. The van der Waals surface area contributed by atoms with Crippen LogP contribution in [0, 0.1) is 11.7 Å². The fourth-order valence-corrected chi connectivity index (χ4v) is 4.87. The maximum Gasteiger partial charge on any atom is 0.277 e. The molecule has 2 aromatic heterocycles. The summed E-state index contributed by atoms with van der Waals surface area (Å²) in [6.45, 7) is 1.12. The Labute approximate surface area is 168 Å². The number of nitrogens with zero attached hydrogens (tertiary/aromatic N) is 5. The Morgan fingerprint density at radius 3 is 2.79 bits per heavy atom. The van der Waals surface area contributed by atoms with Crippen LogP contribution in [0.3, 0.4) is 0 Å². The number of hydrogen-bond donors (Lipinski definition) is 0. The van der Waals surface area contributed by atoms with Gasteiger partial charge in [-0.1, -0.05) is 12.1 Å². The highest BCUT2D eigenvalue weighted by Crippen LogP contribution is 2.24. The van der Waals surface area contributed by atoms with Gasteiger partial charge in [0.2, 0.25) is 11.0 Å². The van der Waals surface area contributed by atoms with Gasteiger partial charge in [-0.05, 0) is 24.6 Å². The van der Waals surface area contributed by atoms with E-state index in [-0.39, 0.29) is 16.9 Å². The number of aryl methyl sites for hydroxylation is 1. The third-order valence-corrected chi connectivity index (χ3v) is 6.69. The van der Waals surface area contributed by atoms with Crippen LogP contribution in [-0.2, 0) is 17.1 Å². The zero-order chi connectivity index (χ0) is 20.4. The summed E-state index contributed by atoms with van der Waals surface area (Å²) in [6, 6.07) is 9.51. The zero-order valence-corrected chi connectivity index (χ0v) is 16.6. The summed E-state index contributed by atoms with van der Waals surface area (Å²) in [4.78, 5) is 3.95. The van der Waals surface area contributed by atoms with Crippen LogP contribution in [0.25, 0.3) is 11.3 Å². The Kier molecular flexibility index (Phi) is 5.29. The number of hydrogen-bond acceptors (Lipinski definition) is 6. The number of aromatic nitrogens is 4.